The molecule has 1 rings (SSSR count). The predicted octanol–water partition coefficient (Wildman–Crippen LogP) is 2.13. The second-order valence-corrected chi connectivity index (χ2v) is 4.15. The van der Waals surface area contributed by atoms with Gasteiger partial charge < -0.3 is 11.1 Å². The third-order valence-electron chi connectivity index (χ3n) is 2.67. The number of nitrogens with one attached hydrogen (secondary N) is 1. The van der Waals surface area contributed by atoms with Crippen LogP contribution in [0.1, 0.15) is 38.3 Å². The normalized spacial score (nSPS) is 14.1. The number of carbonyl (C=O) groups is 1. The summed E-state index contributed by atoms with van der Waals surface area (Å²) in [7, 11) is 0. The number of hydrogen-bond acceptors (Lipinski definition) is 2. The molecule has 1 unspecified atom stereocenters. The summed E-state index contributed by atoms with van der Waals surface area (Å²) in [5, 5.41) is 2.72. The number of amides is 1. The quantitative estimate of drug-likeness (QED) is 0.825. The van der Waals surface area contributed by atoms with E-state index in [9.17, 15) is 9.18 Å². The summed E-state index contributed by atoms with van der Waals surface area (Å²) in [4.78, 5) is 11.7. The molecule has 0 aliphatic carbocycles. The van der Waals surface area contributed by atoms with E-state index in [1.54, 1.807) is 25.1 Å². The van der Waals surface area contributed by atoms with Gasteiger partial charge in [-0.15, -0.1) is 0 Å². The van der Waals surface area contributed by atoms with Crippen LogP contribution >= 0.6 is 0 Å². The van der Waals surface area contributed by atoms with Gasteiger partial charge in [0.05, 0.1) is 12.1 Å². The van der Waals surface area contributed by atoms with E-state index in [0.29, 0.717) is 12.0 Å². The highest BCUT2D eigenvalue weighted by molar-refractivity contribution is 5.81. The highest BCUT2D eigenvalue weighted by Crippen LogP contribution is 2.16. The zero-order valence-corrected chi connectivity index (χ0v) is 10.2. The maximum atomic E-state index is 13.5. The van der Waals surface area contributed by atoms with Crippen LogP contribution in [-0.2, 0) is 4.79 Å². The van der Waals surface area contributed by atoms with Gasteiger partial charge in [-0.1, -0.05) is 31.5 Å². The van der Waals surface area contributed by atoms with E-state index in [4.69, 9.17) is 5.73 Å². The van der Waals surface area contributed by atoms with Crippen molar-refractivity contribution < 1.29 is 9.18 Å². The SMILES string of the molecule is CCCC(N)C(=O)N[C@H](C)c1ccccc1F. The van der Waals surface area contributed by atoms with E-state index in [2.05, 4.69) is 5.32 Å². The summed E-state index contributed by atoms with van der Waals surface area (Å²) in [6, 6.07) is 5.51. The van der Waals surface area contributed by atoms with Gasteiger partial charge in [-0.25, -0.2) is 4.39 Å². The minimum absolute atomic E-state index is 0.234. The van der Waals surface area contributed by atoms with Crippen molar-refractivity contribution in [3.63, 3.8) is 0 Å². The molecule has 3 N–H and O–H groups in total. The van der Waals surface area contributed by atoms with E-state index in [1.807, 2.05) is 6.92 Å². The van der Waals surface area contributed by atoms with Gasteiger partial charge in [-0.05, 0) is 19.4 Å². The van der Waals surface area contributed by atoms with Crippen LogP contribution in [0.2, 0.25) is 0 Å². The van der Waals surface area contributed by atoms with Gasteiger partial charge in [0, 0.05) is 5.56 Å². The Balaban J connectivity index is 2.63. The molecule has 0 radical (unpaired) electrons. The Kier molecular flexibility index (Phi) is 5.10. The van der Waals surface area contributed by atoms with Crippen molar-refractivity contribution >= 4 is 5.91 Å². The number of hydrogen-bond donors (Lipinski definition) is 2. The van der Waals surface area contributed by atoms with Crippen LogP contribution in [0, 0.1) is 5.82 Å². The number of carbonyl (C=O) groups excluding carboxylic acids is 1. The van der Waals surface area contributed by atoms with Crippen LogP contribution in [0.15, 0.2) is 24.3 Å². The zero-order valence-electron chi connectivity index (χ0n) is 10.2. The monoisotopic (exact) mass is 238 g/mol. The maximum Gasteiger partial charge on any atom is 0.237 e. The minimum atomic E-state index is -0.519. The number of rotatable bonds is 5. The molecule has 0 heterocycles. The fourth-order valence-electron chi connectivity index (χ4n) is 1.67. The average Bonchev–Trinajstić information content (AvgIpc) is 2.29. The Morgan fingerprint density at radius 2 is 2.12 bits per heavy atom. The van der Waals surface area contributed by atoms with E-state index >= 15 is 0 Å². The highest BCUT2D eigenvalue weighted by Gasteiger charge is 2.17. The summed E-state index contributed by atoms with van der Waals surface area (Å²) in [6.45, 7) is 3.71. The van der Waals surface area contributed by atoms with Crippen LogP contribution in [-0.4, -0.2) is 11.9 Å². The Hall–Kier alpha value is -1.42. The van der Waals surface area contributed by atoms with Crippen molar-refractivity contribution in [3.8, 4) is 0 Å². The number of halogens is 1. The molecule has 0 aromatic heterocycles. The molecule has 17 heavy (non-hydrogen) atoms. The van der Waals surface area contributed by atoms with Crippen LogP contribution in [0.25, 0.3) is 0 Å². The molecule has 1 aromatic carbocycles. The molecule has 0 aliphatic rings. The molecule has 2 atom stereocenters. The van der Waals surface area contributed by atoms with Gasteiger partial charge in [0.1, 0.15) is 5.82 Å². The van der Waals surface area contributed by atoms with Crippen LogP contribution in [0.3, 0.4) is 0 Å². The Morgan fingerprint density at radius 1 is 1.47 bits per heavy atom. The van der Waals surface area contributed by atoms with Crippen LogP contribution in [0.4, 0.5) is 4.39 Å². The van der Waals surface area contributed by atoms with E-state index in [1.165, 1.54) is 6.07 Å². The topological polar surface area (TPSA) is 55.1 Å². The second kappa shape index (κ2) is 6.35. The summed E-state index contributed by atoms with van der Waals surface area (Å²) in [5.41, 5.74) is 6.16. The molecule has 1 amide bonds. The number of benzene rings is 1. The molecule has 0 bridgehead atoms. The first-order chi connectivity index (χ1) is 8.06. The summed E-state index contributed by atoms with van der Waals surface area (Å²) < 4.78 is 13.5. The van der Waals surface area contributed by atoms with E-state index < -0.39 is 6.04 Å². The molecule has 0 spiro atoms. The van der Waals surface area contributed by atoms with Crippen molar-refractivity contribution in [2.75, 3.05) is 0 Å². The lowest BCUT2D eigenvalue weighted by atomic mass is 10.1. The molecular formula is C13H19FN2O. The average molecular weight is 238 g/mol. The van der Waals surface area contributed by atoms with Crippen molar-refractivity contribution in [1.82, 2.24) is 5.32 Å². The van der Waals surface area contributed by atoms with Crippen molar-refractivity contribution in [3.05, 3.63) is 35.6 Å². The third kappa shape index (κ3) is 3.82. The zero-order chi connectivity index (χ0) is 12.8. The molecule has 0 saturated carbocycles. The first-order valence-corrected chi connectivity index (χ1v) is 5.86. The lowest BCUT2D eigenvalue weighted by molar-refractivity contribution is -0.123. The molecule has 94 valence electrons. The first kappa shape index (κ1) is 13.6. The van der Waals surface area contributed by atoms with Crippen LogP contribution in [0.5, 0.6) is 0 Å². The molecule has 0 fully saturated rings. The Labute approximate surface area is 101 Å². The van der Waals surface area contributed by atoms with Crippen molar-refractivity contribution in [1.29, 1.82) is 0 Å². The van der Waals surface area contributed by atoms with Gasteiger partial charge in [-0.2, -0.15) is 0 Å². The summed E-state index contributed by atoms with van der Waals surface area (Å²) in [6.07, 6.45) is 1.48. The van der Waals surface area contributed by atoms with E-state index in [-0.39, 0.29) is 17.8 Å². The number of nitrogens with two attached hydrogens (primary N) is 1. The van der Waals surface area contributed by atoms with Gasteiger partial charge in [0.2, 0.25) is 5.91 Å². The minimum Gasteiger partial charge on any atom is -0.348 e. The smallest absolute Gasteiger partial charge is 0.237 e. The summed E-state index contributed by atoms with van der Waals surface area (Å²) >= 11 is 0. The largest absolute Gasteiger partial charge is 0.348 e. The van der Waals surface area contributed by atoms with Gasteiger partial charge in [0.15, 0.2) is 0 Å². The molecule has 0 aliphatic heterocycles. The van der Waals surface area contributed by atoms with Crippen LogP contribution < -0.4 is 11.1 Å². The van der Waals surface area contributed by atoms with Gasteiger partial charge in [0.25, 0.3) is 0 Å². The predicted molar refractivity (Wildman–Crippen MR) is 65.8 cm³/mol. The fourth-order valence-corrected chi connectivity index (χ4v) is 1.67. The van der Waals surface area contributed by atoms with Crippen molar-refractivity contribution in [2.45, 2.75) is 38.8 Å². The second-order valence-electron chi connectivity index (χ2n) is 4.15. The van der Waals surface area contributed by atoms with Crippen molar-refractivity contribution in [2.24, 2.45) is 5.73 Å². The molecule has 4 heteroatoms. The molecule has 0 saturated heterocycles. The van der Waals surface area contributed by atoms with Gasteiger partial charge >= 0.3 is 0 Å². The molecule has 1 aromatic rings. The highest BCUT2D eigenvalue weighted by atomic mass is 19.1. The standard InChI is InChI=1S/C13H19FN2O/c1-3-6-12(15)13(17)16-9(2)10-7-4-5-8-11(10)14/h4-5,7-9,12H,3,6,15H2,1-2H3,(H,16,17)/t9-,12?/m1/s1. The first-order valence-electron chi connectivity index (χ1n) is 5.86. The Bertz CT molecular complexity index is 381. The summed E-state index contributed by atoms with van der Waals surface area (Å²) in [5.74, 6) is -0.549. The Morgan fingerprint density at radius 3 is 2.71 bits per heavy atom. The molecule has 3 nitrogen and oxygen atoms in total. The van der Waals surface area contributed by atoms with Gasteiger partial charge in [-0.3, -0.25) is 4.79 Å². The lowest BCUT2D eigenvalue weighted by Crippen LogP contribution is -2.41. The third-order valence-corrected chi connectivity index (χ3v) is 2.67. The maximum absolute atomic E-state index is 13.5. The molecular weight excluding hydrogens is 219 g/mol. The fraction of sp³-hybridized carbons (Fsp3) is 0.462. The van der Waals surface area contributed by atoms with E-state index in [0.717, 1.165) is 6.42 Å². The lowest BCUT2D eigenvalue weighted by Gasteiger charge is -2.18.